The molecule has 0 saturated heterocycles. The summed E-state index contributed by atoms with van der Waals surface area (Å²) in [6, 6.07) is 23.1. The van der Waals surface area contributed by atoms with Gasteiger partial charge < -0.3 is 14.8 Å². The third-order valence-corrected chi connectivity index (χ3v) is 6.74. The SMILES string of the molecule is O=C(CCSc1nnc(Cn2nnc3ccccc32)n1-c1ccccc1)Nc1ccc2c(c1)OCCO2. The third-order valence-electron chi connectivity index (χ3n) is 5.81. The lowest BCUT2D eigenvalue weighted by atomic mass is 10.2. The number of ether oxygens (including phenoxy) is 2. The number of amides is 1. The predicted octanol–water partition coefficient (Wildman–Crippen LogP) is 3.95. The molecule has 0 saturated carbocycles. The maximum absolute atomic E-state index is 12.6. The molecule has 10 nitrogen and oxygen atoms in total. The Bertz CT molecular complexity index is 1550. The number of nitrogens with one attached hydrogen (secondary N) is 1. The van der Waals surface area contributed by atoms with Crippen molar-refractivity contribution >= 4 is 34.4 Å². The van der Waals surface area contributed by atoms with Gasteiger partial charge in [0.1, 0.15) is 25.3 Å². The van der Waals surface area contributed by atoms with Gasteiger partial charge in [-0.05, 0) is 36.4 Å². The molecule has 3 aromatic carbocycles. The summed E-state index contributed by atoms with van der Waals surface area (Å²) >= 11 is 1.48. The maximum atomic E-state index is 12.6. The van der Waals surface area contributed by atoms with E-state index in [-0.39, 0.29) is 5.91 Å². The average molecular weight is 514 g/mol. The molecule has 1 aliphatic rings. The summed E-state index contributed by atoms with van der Waals surface area (Å²) in [5.41, 5.74) is 3.37. The van der Waals surface area contributed by atoms with E-state index >= 15 is 0 Å². The molecule has 0 fully saturated rings. The lowest BCUT2D eigenvalue weighted by Crippen LogP contribution is -2.16. The Labute approximate surface area is 216 Å². The molecule has 0 bridgehead atoms. The van der Waals surface area contributed by atoms with Gasteiger partial charge in [0.25, 0.3) is 0 Å². The van der Waals surface area contributed by atoms with Gasteiger partial charge in [0.15, 0.2) is 22.5 Å². The van der Waals surface area contributed by atoms with E-state index in [4.69, 9.17) is 9.47 Å². The molecular weight excluding hydrogens is 490 g/mol. The fourth-order valence-corrected chi connectivity index (χ4v) is 4.99. The van der Waals surface area contributed by atoms with Crippen molar-refractivity contribution in [3.05, 3.63) is 78.6 Å². The van der Waals surface area contributed by atoms with E-state index in [0.717, 1.165) is 22.5 Å². The van der Waals surface area contributed by atoms with Gasteiger partial charge in [0.2, 0.25) is 5.91 Å². The van der Waals surface area contributed by atoms with Crippen LogP contribution in [0.25, 0.3) is 16.7 Å². The first-order valence-electron chi connectivity index (χ1n) is 11.8. The second-order valence-corrected chi connectivity index (χ2v) is 9.37. The van der Waals surface area contributed by atoms with Gasteiger partial charge in [-0.25, -0.2) is 4.68 Å². The Hall–Kier alpha value is -4.38. The van der Waals surface area contributed by atoms with Crippen LogP contribution in [0.4, 0.5) is 5.69 Å². The van der Waals surface area contributed by atoms with Crippen molar-refractivity contribution in [3.8, 4) is 17.2 Å². The first-order valence-corrected chi connectivity index (χ1v) is 12.8. The van der Waals surface area contributed by atoms with Crippen LogP contribution in [0, 0.1) is 0 Å². The van der Waals surface area contributed by atoms with E-state index in [1.807, 2.05) is 69.9 Å². The quantitative estimate of drug-likeness (QED) is 0.311. The summed E-state index contributed by atoms with van der Waals surface area (Å²) in [7, 11) is 0. The van der Waals surface area contributed by atoms with Gasteiger partial charge in [-0.1, -0.05) is 47.3 Å². The molecule has 1 N–H and O–H groups in total. The standard InChI is InChI=1S/C26H23N7O3S/c34-25(27-18-10-11-22-23(16-18)36-14-13-35-22)12-15-37-26-30-29-24(33(26)19-6-2-1-3-7-19)17-32-21-9-5-4-8-20(21)28-31-32/h1-11,16H,12-15,17H2,(H,27,34). The minimum absolute atomic E-state index is 0.0933. The summed E-state index contributed by atoms with van der Waals surface area (Å²) in [6.45, 7) is 1.44. The van der Waals surface area contributed by atoms with E-state index < -0.39 is 0 Å². The molecule has 37 heavy (non-hydrogen) atoms. The number of nitrogens with zero attached hydrogens (tertiary/aromatic N) is 6. The summed E-state index contributed by atoms with van der Waals surface area (Å²) < 4.78 is 14.9. The molecule has 186 valence electrons. The van der Waals surface area contributed by atoms with Crippen molar-refractivity contribution in [1.82, 2.24) is 29.8 Å². The molecule has 0 atom stereocenters. The van der Waals surface area contributed by atoms with Crippen molar-refractivity contribution in [2.45, 2.75) is 18.1 Å². The van der Waals surface area contributed by atoms with Crippen molar-refractivity contribution in [2.24, 2.45) is 0 Å². The topological polar surface area (TPSA) is 109 Å². The van der Waals surface area contributed by atoms with Crippen LogP contribution in [0.2, 0.25) is 0 Å². The van der Waals surface area contributed by atoms with Crippen molar-refractivity contribution in [2.75, 3.05) is 24.3 Å². The van der Waals surface area contributed by atoms with Crippen molar-refractivity contribution < 1.29 is 14.3 Å². The summed E-state index contributed by atoms with van der Waals surface area (Å²) in [6.07, 6.45) is 0.309. The van der Waals surface area contributed by atoms with Crippen LogP contribution >= 0.6 is 11.8 Å². The van der Waals surface area contributed by atoms with E-state index in [1.54, 1.807) is 12.1 Å². The van der Waals surface area contributed by atoms with Crippen LogP contribution in [0.15, 0.2) is 78.0 Å². The second kappa shape index (κ2) is 10.3. The van der Waals surface area contributed by atoms with Gasteiger partial charge in [0.05, 0.1) is 5.52 Å². The molecular formula is C26H23N7O3S. The molecule has 5 aromatic rings. The highest BCUT2D eigenvalue weighted by atomic mass is 32.2. The van der Waals surface area contributed by atoms with Crippen LogP contribution in [0.1, 0.15) is 12.2 Å². The second-order valence-electron chi connectivity index (χ2n) is 8.31. The fourth-order valence-electron chi connectivity index (χ4n) is 4.08. The van der Waals surface area contributed by atoms with Crippen LogP contribution in [-0.4, -0.2) is 54.6 Å². The van der Waals surface area contributed by atoms with Crippen LogP contribution < -0.4 is 14.8 Å². The Balaban J connectivity index is 1.16. The van der Waals surface area contributed by atoms with E-state index in [2.05, 4.69) is 25.8 Å². The smallest absolute Gasteiger partial charge is 0.225 e. The third kappa shape index (κ3) is 4.98. The van der Waals surface area contributed by atoms with E-state index in [1.165, 1.54) is 11.8 Å². The first kappa shape index (κ1) is 23.0. The lowest BCUT2D eigenvalue weighted by Gasteiger charge is -2.19. The number of benzene rings is 3. The molecule has 0 spiro atoms. The zero-order chi connectivity index (χ0) is 25.0. The molecule has 0 radical (unpaired) electrons. The monoisotopic (exact) mass is 513 g/mol. The minimum Gasteiger partial charge on any atom is -0.486 e. The van der Waals surface area contributed by atoms with Crippen LogP contribution in [0.5, 0.6) is 11.5 Å². The van der Waals surface area contributed by atoms with Gasteiger partial charge in [-0.2, -0.15) is 0 Å². The van der Waals surface area contributed by atoms with E-state index in [0.29, 0.717) is 54.3 Å². The summed E-state index contributed by atoms with van der Waals surface area (Å²) in [5, 5.41) is 21.1. The molecule has 1 aliphatic heterocycles. The molecule has 1 amide bonds. The Morgan fingerprint density at radius 1 is 0.919 bits per heavy atom. The number of hydrogen-bond acceptors (Lipinski definition) is 8. The normalized spacial score (nSPS) is 12.5. The zero-order valence-corrected chi connectivity index (χ0v) is 20.6. The molecule has 0 unspecified atom stereocenters. The van der Waals surface area contributed by atoms with Gasteiger partial charge in [-0.15, -0.1) is 15.3 Å². The van der Waals surface area contributed by atoms with Crippen LogP contribution in [0.3, 0.4) is 0 Å². The lowest BCUT2D eigenvalue weighted by molar-refractivity contribution is -0.115. The number of carbonyl (C=O) groups excluding carboxylic acids is 1. The zero-order valence-electron chi connectivity index (χ0n) is 19.8. The molecule has 0 aliphatic carbocycles. The summed E-state index contributed by atoms with van der Waals surface area (Å²) in [5.74, 6) is 2.50. The minimum atomic E-state index is -0.0933. The number of fused-ring (bicyclic) bond motifs is 2. The molecule has 2 aromatic heterocycles. The predicted molar refractivity (Wildman–Crippen MR) is 139 cm³/mol. The maximum Gasteiger partial charge on any atom is 0.225 e. The Morgan fingerprint density at radius 2 is 1.73 bits per heavy atom. The van der Waals surface area contributed by atoms with Crippen LogP contribution in [-0.2, 0) is 11.3 Å². The van der Waals surface area contributed by atoms with Gasteiger partial charge >= 0.3 is 0 Å². The highest BCUT2D eigenvalue weighted by molar-refractivity contribution is 7.99. The first-order chi connectivity index (χ1) is 18.2. The summed E-state index contributed by atoms with van der Waals surface area (Å²) in [4.78, 5) is 12.6. The highest BCUT2D eigenvalue weighted by Gasteiger charge is 2.17. The largest absolute Gasteiger partial charge is 0.486 e. The number of para-hydroxylation sites is 2. The molecule has 11 heteroatoms. The van der Waals surface area contributed by atoms with Crippen molar-refractivity contribution in [3.63, 3.8) is 0 Å². The molecule has 6 rings (SSSR count). The number of rotatable bonds is 8. The Morgan fingerprint density at radius 3 is 2.62 bits per heavy atom. The number of hydrogen-bond donors (Lipinski definition) is 1. The van der Waals surface area contributed by atoms with Gasteiger partial charge in [-0.3, -0.25) is 9.36 Å². The van der Waals surface area contributed by atoms with E-state index in [9.17, 15) is 4.79 Å². The number of thioether (sulfide) groups is 1. The highest BCUT2D eigenvalue weighted by Crippen LogP contribution is 2.32. The number of anilines is 1. The van der Waals surface area contributed by atoms with Crippen molar-refractivity contribution in [1.29, 1.82) is 0 Å². The molecule has 3 heterocycles. The number of carbonyl (C=O) groups is 1. The number of aromatic nitrogens is 6. The Kier molecular flexibility index (Phi) is 6.42. The van der Waals surface area contributed by atoms with Gasteiger partial charge in [0, 0.05) is 29.6 Å². The average Bonchev–Trinajstić information content (AvgIpc) is 3.53. The fraction of sp³-hybridized carbons (Fsp3) is 0.192.